The minimum absolute atomic E-state index is 0.303. The average molecular weight is 185 g/mol. The van der Waals surface area contributed by atoms with E-state index in [9.17, 15) is 9.00 Å². The highest BCUT2D eigenvalue weighted by molar-refractivity contribution is 8.27. The fourth-order valence-electron chi connectivity index (χ4n) is 0.290. The summed E-state index contributed by atoms with van der Waals surface area (Å²) in [6.45, 7) is 1.14. The lowest BCUT2D eigenvalue weighted by Crippen LogP contribution is -2.41. The molecule has 0 aromatic heterocycles. The maximum atomic E-state index is 10.4. The molecule has 1 aliphatic heterocycles. The van der Waals surface area contributed by atoms with E-state index in [0.717, 1.165) is 6.92 Å². The van der Waals surface area contributed by atoms with Crippen molar-refractivity contribution in [1.82, 2.24) is 5.39 Å². The van der Waals surface area contributed by atoms with Crippen molar-refractivity contribution in [1.29, 1.82) is 0 Å². The van der Waals surface area contributed by atoms with Crippen molar-refractivity contribution in [3.05, 3.63) is 0 Å². The lowest BCUT2D eigenvalue weighted by molar-refractivity contribution is -0.473. The van der Waals surface area contributed by atoms with Crippen molar-refractivity contribution in [3.63, 3.8) is 0 Å². The second kappa shape index (κ2) is 2.40. The van der Waals surface area contributed by atoms with Crippen LogP contribution >= 0.6 is 0 Å². The molecule has 1 saturated heterocycles. The van der Waals surface area contributed by atoms with Gasteiger partial charge in [-0.3, -0.25) is 4.79 Å². The fraction of sp³-hybridized carbons (Fsp3) is 0.500. The summed E-state index contributed by atoms with van der Waals surface area (Å²) in [5, 5.41) is 0.303. The molecule has 0 bridgehead atoms. The monoisotopic (exact) mass is 185 g/mol. The Balaban J connectivity index is 2.34. The normalized spacial score (nSPS) is 23.3. The molecule has 0 saturated carbocycles. The minimum atomic E-state index is -3.09. The van der Waals surface area contributed by atoms with E-state index in [-0.39, 0.29) is 0 Å². The van der Waals surface area contributed by atoms with Gasteiger partial charge in [0.2, 0.25) is 0 Å². The van der Waals surface area contributed by atoms with Crippen LogP contribution in [0.3, 0.4) is 0 Å². The summed E-state index contributed by atoms with van der Waals surface area (Å²) in [6, 6.07) is 0. The lowest BCUT2D eigenvalue weighted by Gasteiger charge is -2.24. The van der Waals surface area contributed by atoms with Gasteiger partial charge in [-0.25, -0.2) is 0 Å². The molecular formula is C2H3NO5S2. The molecular weight excluding hydrogens is 182 g/mol. The van der Waals surface area contributed by atoms with Gasteiger partial charge in [-0.05, 0) is 0 Å². The molecule has 1 heterocycles. The zero-order valence-electron chi connectivity index (χ0n) is 4.80. The third kappa shape index (κ3) is 1.85. The van der Waals surface area contributed by atoms with E-state index in [4.69, 9.17) is 0 Å². The van der Waals surface area contributed by atoms with E-state index >= 15 is 0 Å². The molecule has 0 aromatic carbocycles. The molecule has 0 spiro atoms. The van der Waals surface area contributed by atoms with Crippen LogP contribution in [0.15, 0.2) is 0 Å². The van der Waals surface area contributed by atoms with Crippen molar-refractivity contribution >= 4 is 26.2 Å². The van der Waals surface area contributed by atoms with Crippen LogP contribution in [-0.2, 0) is 38.4 Å². The first-order valence-corrected chi connectivity index (χ1v) is 4.46. The number of nitrogens with zero attached hydrogens (tertiary/aromatic N) is 1. The number of carbonyl (C=O) groups is 1. The van der Waals surface area contributed by atoms with Gasteiger partial charge in [0.05, 0.1) is 0 Å². The molecule has 1 fully saturated rings. The summed E-state index contributed by atoms with van der Waals surface area (Å²) in [6.07, 6.45) is 0. The van der Waals surface area contributed by atoms with E-state index in [1.807, 2.05) is 0 Å². The van der Waals surface area contributed by atoms with Gasteiger partial charge in [0.15, 0.2) is 5.39 Å². The van der Waals surface area contributed by atoms with E-state index in [2.05, 4.69) is 24.6 Å². The second-order valence-electron chi connectivity index (χ2n) is 1.36. The molecule has 0 atom stereocenters. The zero-order chi connectivity index (χ0) is 7.78. The Bertz CT molecular complexity index is 232. The molecule has 6 nitrogen and oxygen atoms in total. The highest BCUT2D eigenvalue weighted by atomic mass is 32.9. The van der Waals surface area contributed by atoms with Crippen molar-refractivity contribution < 1.29 is 22.4 Å². The largest absolute Gasteiger partial charge is 0.327 e. The molecule has 0 N–H and O–H groups in total. The Morgan fingerprint density at radius 3 is 2.50 bits per heavy atom. The van der Waals surface area contributed by atoms with Gasteiger partial charge < -0.3 is 4.84 Å². The minimum Gasteiger partial charge on any atom is -0.317 e. The Hall–Kier alpha value is -0.280. The van der Waals surface area contributed by atoms with E-state index < -0.39 is 15.0 Å². The van der Waals surface area contributed by atoms with Crippen LogP contribution in [0.4, 0.5) is 0 Å². The molecule has 0 unspecified atom stereocenters. The molecule has 0 aliphatic carbocycles. The van der Waals surface area contributed by atoms with E-state index in [0.29, 0.717) is 5.39 Å². The predicted molar refractivity (Wildman–Crippen MR) is 31.3 cm³/mol. The number of carbonyl (C=O) groups excluding carboxylic acids is 1. The molecule has 8 heteroatoms. The Kier molecular flexibility index (Phi) is 1.88. The molecule has 1 aliphatic rings. The van der Waals surface area contributed by atoms with E-state index in [1.165, 1.54) is 0 Å². The van der Waals surface area contributed by atoms with Crippen LogP contribution < -0.4 is 0 Å². The molecule has 0 radical (unpaired) electrons. The number of hydrogen-bond acceptors (Lipinski definition) is 7. The topological polar surface area (TPSA) is 65.1 Å². The van der Waals surface area contributed by atoms with Crippen LogP contribution in [0.1, 0.15) is 6.92 Å². The van der Waals surface area contributed by atoms with Crippen molar-refractivity contribution in [2.24, 2.45) is 0 Å². The molecule has 0 amide bonds. The number of rotatable bonds is 1. The molecule has 58 valence electrons. The van der Waals surface area contributed by atoms with Gasteiger partial charge in [-0.15, -0.1) is 8.57 Å². The van der Waals surface area contributed by atoms with Crippen LogP contribution in [-0.4, -0.2) is 15.6 Å². The van der Waals surface area contributed by atoms with Gasteiger partial charge in [0.1, 0.15) is 0 Å². The SMILES string of the molecule is CC(=O)ON1OS(=O)(=S)O1. The average Bonchev–Trinajstić information content (AvgIpc) is 1.57. The van der Waals surface area contributed by atoms with Crippen LogP contribution in [0.5, 0.6) is 0 Å². The summed E-state index contributed by atoms with van der Waals surface area (Å²) in [5.41, 5.74) is 0. The first-order chi connectivity index (χ1) is 4.49. The molecule has 10 heavy (non-hydrogen) atoms. The Labute approximate surface area is 61.6 Å². The third-order valence-electron chi connectivity index (χ3n) is 0.507. The van der Waals surface area contributed by atoms with Crippen molar-refractivity contribution in [2.75, 3.05) is 0 Å². The van der Waals surface area contributed by atoms with E-state index in [1.54, 1.807) is 0 Å². The first-order valence-electron chi connectivity index (χ1n) is 2.12. The zero-order valence-corrected chi connectivity index (χ0v) is 6.44. The molecule has 0 aromatic rings. The number of hydrogen-bond donors (Lipinski definition) is 0. The van der Waals surface area contributed by atoms with Gasteiger partial charge in [0, 0.05) is 18.1 Å². The van der Waals surface area contributed by atoms with Gasteiger partial charge >= 0.3 is 15.0 Å². The quantitative estimate of drug-likeness (QED) is 0.531. The highest BCUT2D eigenvalue weighted by Gasteiger charge is 2.34. The Morgan fingerprint density at radius 2 is 2.20 bits per heavy atom. The third-order valence-corrected chi connectivity index (χ3v) is 1.48. The van der Waals surface area contributed by atoms with Crippen LogP contribution in [0, 0.1) is 0 Å². The summed E-state index contributed by atoms with van der Waals surface area (Å²) >= 11 is 4.15. The smallest absolute Gasteiger partial charge is 0.317 e. The maximum absolute atomic E-state index is 10.4. The summed E-state index contributed by atoms with van der Waals surface area (Å²) in [5.74, 6) is -0.648. The lowest BCUT2D eigenvalue weighted by atomic mass is 10.8. The van der Waals surface area contributed by atoms with Gasteiger partial charge in [-0.1, -0.05) is 0 Å². The first kappa shape index (κ1) is 7.82. The fourth-order valence-corrected chi connectivity index (χ4v) is 0.958. The highest BCUT2D eigenvalue weighted by Crippen LogP contribution is 2.16. The summed E-state index contributed by atoms with van der Waals surface area (Å²) in [4.78, 5) is 14.2. The van der Waals surface area contributed by atoms with Crippen molar-refractivity contribution in [2.45, 2.75) is 6.92 Å². The summed E-state index contributed by atoms with van der Waals surface area (Å²) < 4.78 is 18.7. The standard InChI is InChI=1S/C2H3NO5S2/c1-2(4)6-3-7-10(5,9)8-3/h1H3. The Morgan fingerprint density at radius 1 is 1.70 bits per heavy atom. The van der Waals surface area contributed by atoms with Crippen LogP contribution in [0.25, 0.3) is 0 Å². The molecule has 1 rings (SSSR count). The van der Waals surface area contributed by atoms with Crippen molar-refractivity contribution in [3.8, 4) is 0 Å². The maximum Gasteiger partial charge on any atom is 0.327 e. The van der Waals surface area contributed by atoms with Crippen LogP contribution in [0.2, 0.25) is 0 Å². The van der Waals surface area contributed by atoms with Gasteiger partial charge in [0.25, 0.3) is 0 Å². The predicted octanol–water partition coefficient (Wildman–Crippen LogP) is -0.780. The summed E-state index contributed by atoms with van der Waals surface area (Å²) in [7, 11) is -3.09. The second-order valence-corrected chi connectivity index (χ2v) is 3.70. The van der Waals surface area contributed by atoms with Gasteiger partial charge in [-0.2, -0.15) is 4.21 Å².